The van der Waals surface area contributed by atoms with Crippen LogP contribution in [0.3, 0.4) is 0 Å². The normalized spacial score (nSPS) is 20.7. The molecule has 1 fully saturated rings. The van der Waals surface area contributed by atoms with Gasteiger partial charge >= 0.3 is 5.69 Å². The highest BCUT2D eigenvalue weighted by atomic mass is 35.5. The molecule has 0 saturated carbocycles. The Hall–Kier alpha value is -3.50. The number of hydrogen-bond donors (Lipinski definition) is 1. The van der Waals surface area contributed by atoms with E-state index in [0.29, 0.717) is 49.2 Å². The molecular weight excluding hydrogens is 528 g/mol. The number of benzene rings is 2. The molecule has 11 heteroatoms. The van der Waals surface area contributed by atoms with Crippen molar-refractivity contribution < 1.29 is 18.3 Å². The van der Waals surface area contributed by atoms with Crippen LogP contribution in [0.15, 0.2) is 41.7 Å². The molecule has 2 aliphatic rings. The lowest BCUT2D eigenvalue weighted by Crippen LogP contribution is -2.58. The van der Waals surface area contributed by atoms with Crippen molar-refractivity contribution in [2.24, 2.45) is 5.73 Å². The summed E-state index contributed by atoms with van der Waals surface area (Å²) in [6.45, 7) is 8.90. The Morgan fingerprint density at radius 1 is 1.26 bits per heavy atom. The zero-order valence-electron chi connectivity index (χ0n) is 21.8. The van der Waals surface area contributed by atoms with Gasteiger partial charge in [0.05, 0.1) is 16.6 Å². The van der Waals surface area contributed by atoms with E-state index < -0.39 is 17.3 Å². The summed E-state index contributed by atoms with van der Waals surface area (Å²) in [5, 5.41) is 0.749. The second kappa shape index (κ2) is 10.6. The lowest BCUT2D eigenvalue weighted by Gasteiger charge is -2.45. The molecule has 1 saturated heterocycles. The summed E-state index contributed by atoms with van der Waals surface area (Å²) >= 11 is 6.77. The van der Waals surface area contributed by atoms with Crippen molar-refractivity contribution in [2.45, 2.75) is 44.8 Å². The Morgan fingerprint density at radius 3 is 2.72 bits per heavy atom. The third kappa shape index (κ3) is 4.65. The van der Waals surface area contributed by atoms with Crippen LogP contribution in [0.4, 0.5) is 14.6 Å². The summed E-state index contributed by atoms with van der Waals surface area (Å²) in [6, 6.07) is 4.22. The van der Waals surface area contributed by atoms with E-state index in [-0.39, 0.29) is 52.5 Å². The number of anilines is 1. The van der Waals surface area contributed by atoms with Gasteiger partial charge in [-0.2, -0.15) is 4.98 Å². The lowest BCUT2D eigenvalue weighted by atomic mass is 9.98. The number of nitrogens with zero attached hydrogens (tertiary/aromatic N) is 4. The summed E-state index contributed by atoms with van der Waals surface area (Å²) in [4.78, 5) is 34.3. The Morgan fingerprint density at radius 2 is 2.03 bits per heavy atom. The van der Waals surface area contributed by atoms with Crippen LogP contribution in [-0.2, 0) is 4.79 Å². The highest BCUT2D eigenvalue weighted by Gasteiger charge is 2.36. The van der Waals surface area contributed by atoms with E-state index in [2.05, 4.69) is 11.6 Å². The van der Waals surface area contributed by atoms with Crippen molar-refractivity contribution in [3.05, 3.63) is 64.1 Å². The van der Waals surface area contributed by atoms with Gasteiger partial charge in [0.25, 0.3) is 0 Å². The Labute approximate surface area is 229 Å². The smallest absolute Gasteiger partial charge is 0.350 e. The van der Waals surface area contributed by atoms with Crippen LogP contribution in [0.2, 0.25) is 5.02 Å². The molecule has 0 aliphatic carbocycles. The molecule has 39 heavy (non-hydrogen) atoms. The van der Waals surface area contributed by atoms with Crippen molar-refractivity contribution in [1.29, 1.82) is 0 Å². The van der Waals surface area contributed by atoms with Crippen LogP contribution in [0.1, 0.15) is 32.7 Å². The lowest BCUT2D eigenvalue weighted by molar-refractivity contribution is -0.128. The standard InChI is InChI=1S/C28H30ClF2N5O3/c1-4-23(37)34-12-16(3)35(13-15(34)2)27-20-11-21(29)24(19-8-7-17(30)10-22(19)31)26-25(20)36(28(38)33-27)18(14-39-26)6-5-9-32/h4,7-8,10-11,15-16,18H,1,5-6,9,12-14,32H2,2-3H3/t15-,16+,18+/m1/s1. The molecule has 3 atom stereocenters. The van der Waals surface area contributed by atoms with Crippen molar-refractivity contribution in [2.75, 3.05) is 31.1 Å². The fourth-order valence-corrected chi connectivity index (χ4v) is 5.93. The number of aromatic nitrogens is 2. The van der Waals surface area contributed by atoms with E-state index in [1.807, 2.05) is 18.7 Å². The highest BCUT2D eigenvalue weighted by Crippen LogP contribution is 2.47. The van der Waals surface area contributed by atoms with Crippen LogP contribution < -0.4 is 21.1 Å². The number of rotatable bonds is 6. The maximum atomic E-state index is 15.0. The van der Waals surface area contributed by atoms with Gasteiger partial charge in [0.1, 0.15) is 24.1 Å². The summed E-state index contributed by atoms with van der Waals surface area (Å²) in [7, 11) is 0. The number of piperazine rings is 1. The Bertz CT molecular complexity index is 1530. The molecule has 0 spiro atoms. The molecule has 1 aromatic heterocycles. The number of carbonyl (C=O) groups excluding carboxylic acids is 1. The molecule has 5 rings (SSSR count). The predicted octanol–water partition coefficient (Wildman–Crippen LogP) is 4.28. The number of amides is 1. The van der Waals surface area contributed by atoms with Crippen molar-refractivity contribution >= 4 is 34.2 Å². The first-order valence-corrected chi connectivity index (χ1v) is 13.3. The fourth-order valence-electron chi connectivity index (χ4n) is 5.63. The van der Waals surface area contributed by atoms with Gasteiger partial charge in [0, 0.05) is 47.8 Å². The molecule has 2 aliphatic heterocycles. The van der Waals surface area contributed by atoms with E-state index in [1.165, 1.54) is 12.1 Å². The number of ether oxygens (including phenoxy) is 1. The van der Waals surface area contributed by atoms with Gasteiger partial charge in [0.15, 0.2) is 5.75 Å². The molecule has 206 valence electrons. The molecule has 0 bridgehead atoms. The minimum Gasteiger partial charge on any atom is -0.488 e. The summed E-state index contributed by atoms with van der Waals surface area (Å²) in [6.07, 6.45) is 2.55. The zero-order chi connectivity index (χ0) is 28.0. The second-order valence-electron chi connectivity index (χ2n) is 10.1. The maximum absolute atomic E-state index is 15.0. The Kier molecular flexibility index (Phi) is 7.35. The van der Waals surface area contributed by atoms with Crippen LogP contribution in [0.5, 0.6) is 5.75 Å². The Balaban J connectivity index is 1.75. The summed E-state index contributed by atoms with van der Waals surface area (Å²) in [5.41, 5.74) is 6.03. The van der Waals surface area contributed by atoms with Crippen molar-refractivity contribution in [3.8, 4) is 16.9 Å². The van der Waals surface area contributed by atoms with Crippen LogP contribution in [0.25, 0.3) is 22.0 Å². The molecular formula is C28H30ClF2N5O3. The highest BCUT2D eigenvalue weighted by molar-refractivity contribution is 6.35. The number of hydrogen-bond acceptors (Lipinski definition) is 6. The average molecular weight is 558 g/mol. The van der Waals surface area contributed by atoms with E-state index in [9.17, 15) is 18.4 Å². The van der Waals surface area contributed by atoms with Gasteiger partial charge < -0.3 is 20.3 Å². The molecule has 3 aromatic rings. The van der Waals surface area contributed by atoms with Gasteiger partial charge in [-0.3, -0.25) is 9.36 Å². The first kappa shape index (κ1) is 27.1. The topological polar surface area (TPSA) is 93.7 Å². The van der Waals surface area contributed by atoms with Crippen LogP contribution in [0, 0.1) is 11.6 Å². The molecule has 0 unspecified atom stereocenters. The SMILES string of the molecule is C=CC(=O)N1C[C@H](C)N(c2nc(=O)n3c4c(c(-c5ccc(F)cc5F)c(Cl)cc24)OC[C@@H]3CCCN)C[C@H]1C. The van der Waals surface area contributed by atoms with E-state index in [1.54, 1.807) is 15.5 Å². The quantitative estimate of drug-likeness (QED) is 0.455. The largest absolute Gasteiger partial charge is 0.488 e. The van der Waals surface area contributed by atoms with Gasteiger partial charge in [-0.1, -0.05) is 18.2 Å². The van der Waals surface area contributed by atoms with E-state index in [0.717, 1.165) is 12.1 Å². The number of halogens is 3. The maximum Gasteiger partial charge on any atom is 0.350 e. The third-order valence-electron chi connectivity index (χ3n) is 7.54. The van der Waals surface area contributed by atoms with Crippen molar-refractivity contribution in [3.63, 3.8) is 0 Å². The number of nitrogens with two attached hydrogens (primary N) is 1. The minimum absolute atomic E-state index is 0.0645. The molecule has 8 nitrogen and oxygen atoms in total. The molecule has 2 aromatic carbocycles. The number of carbonyl (C=O) groups is 1. The monoisotopic (exact) mass is 557 g/mol. The first-order chi connectivity index (χ1) is 18.7. The molecule has 0 radical (unpaired) electrons. The van der Waals surface area contributed by atoms with Gasteiger partial charge in [0.2, 0.25) is 5.91 Å². The van der Waals surface area contributed by atoms with Gasteiger partial charge in [-0.05, 0) is 57.5 Å². The summed E-state index contributed by atoms with van der Waals surface area (Å²) < 4.78 is 36.5. The zero-order valence-corrected chi connectivity index (χ0v) is 22.5. The fraction of sp³-hybridized carbons (Fsp3) is 0.393. The molecule has 1 amide bonds. The van der Waals surface area contributed by atoms with E-state index >= 15 is 0 Å². The van der Waals surface area contributed by atoms with Crippen LogP contribution >= 0.6 is 11.6 Å². The average Bonchev–Trinajstić information content (AvgIpc) is 2.90. The van der Waals surface area contributed by atoms with Gasteiger partial charge in [-0.25, -0.2) is 13.6 Å². The summed E-state index contributed by atoms with van der Waals surface area (Å²) in [5.74, 6) is -1.02. The minimum atomic E-state index is -0.796. The second-order valence-corrected chi connectivity index (χ2v) is 10.5. The van der Waals surface area contributed by atoms with Crippen LogP contribution in [-0.4, -0.2) is 58.7 Å². The predicted molar refractivity (Wildman–Crippen MR) is 147 cm³/mol. The third-order valence-corrected chi connectivity index (χ3v) is 7.84. The van der Waals surface area contributed by atoms with E-state index in [4.69, 9.17) is 22.1 Å². The first-order valence-electron chi connectivity index (χ1n) is 12.9. The molecule has 3 heterocycles. The van der Waals surface area contributed by atoms with Crippen molar-refractivity contribution in [1.82, 2.24) is 14.5 Å². The molecule has 2 N–H and O–H groups in total. The van der Waals surface area contributed by atoms with Gasteiger partial charge in [-0.15, -0.1) is 0 Å².